The van der Waals surface area contributed by atoms with Crippen LogP contribution in [0.1, 0.15) is 37.7 Å². The van der Waals surface area contributed by atoms with Crippen LogP contribution < -0.4 is 0 Å². The molecule has 0 bridgehead atoms. The van der Waals surface area contributed by atoms with Crippen molar-refractivity contribution in [3.8, 4) is 0 Å². The van der Waals surface area contributed by atoms with Crippen LogP contribution in [0.15, 0.2) is 24.5 Å². The number of carbonyl (C=O) groups is 1. The van der Waals surface area contributed by atoms with E-state index >= 15 is 0 Å². The number of methoxy groups -OCH3 is 1. The van der Waals surface area contributed by atoms with E-state index in [0.717, 1.165) is 32.5 Å². The summed E-state index contributed by atoms with van der Waals surface area (Å²) < 4.78 is 10.2. The summed E-state index contributed by atoms with van der Waals surface area (Å²) >= 11 is 0. The summed E-state index contributed by atoms with van der Waals surface area (Å²) in [7, 11) is 1.61. The highest BCUT2D eigenvalue weighted by atomic mass is 16.6. The summed E-state index contributed by atoms with van der Waals surface area (Å²) in [6.07, 6.45) is 9.60. The van der Waals surface area contributed by atoms with Crippen LogP contribution in [0, 0.1) is 5.92 Å². The monoisotopic (exact) mass is 361 g/mol. The number of rotatable bonds is 6. The van der Waals surface area contributed by atoms with Crippen LogP contribution in [-0.2, 0) is 16.0 Å². The molecule has 0 aliphatic carbocycles. The van der Waals surface area contributed by atoms with Gasteiger partial charge in [0.2, 0.25) is 0 Å². The van der Waals surface area contributed by atoms with E-state index in [9.17, 15) is 4.79 Å². The second kappa shape index (κ2) is 9.88. The highest BCUT2D eigenvalue weighted by Gasteiger charge is 2.33. The van der Waals surface area contributed by atoms with Gasteiger partial charge in [-0.05, 0) is 49.8 Å². The smallest absolute Gasteiger partial charge is 0.409 e. The van der Waals surface area contributed by atoms with E-state index < -0.39 is 0 Å². The number of hydrogen-bond acceptors (Lipinski definition) is 5. The lowest BCUT2D eigenvalue weighted by atomic mass is 9.83. The SMILES string of the molecule is COCCOC(=O)N1CCC(C2CCCCN2Cc2cccnc2)CC1. The minimum absolute atomic E-state index is 0.198. The van der Waals surface area contributed by atoms with Crippen molar-refractivity contribution in [1.29, 1.82) is 0 Å². The Morgan fingerprint density at radius 3 is 2.77 bits per heavy atom. The molecular formula is C20H31N3O3. The number of amides is 1. The molecule has 26 heavy (non-hydrogen) atoms. The molecule has 3 heterocycles. The van der Waals surface area contributed by atoms with Crippen LogP contribution in [0.25, 0.3) is 0 Å². The van der Waals surface area contributed by atoms with Crippen LogP contribution in [0.2, 0.25) is 0 Å². The number of aromatic nitrogens is 1. The average molecular weight is 361 g/mol. The highest BCUT2D eigenvalue weighted by Crippen LogP contribution is 2.31. The Labute approximate surface area is 156 Å². The number of ether oxygens (including phenoxy) is 2. The Morgan fingerprint density at radius 1 is 1.19 bits per heavy atom. The zero-order valence-electron chi connectivity index (χ0n) is 15.8. The number of nitrogens with zero attached hydrogens (tertiary/aromatic N) is 3. The van der Waals surface area contributed by atoms with Gasteiger partial charge in [-0.1, -0.05) is 12.5 Å². The molecule has 1 aromatic heterocycles. The first-order valence-electron chi connectivity index (χ1n) is 9.81. The molecule has 1 amide bonds. The quantitative estimate of drug-likeness (QED) is 0.729. The van der Waals surface area contributed by atoms with Gasteiger partial charge in [0, 0.05) is 45.2 Å². The molecule has 1 atom stereocenters. The minimum Gasteiger partial charge on any atom is -0.447 e. The van der Waals surface area contributed by atoms with Crippen LogP contribution >= 0.6 is 0 Å². The maximum Gasteiger partial charge on any atom is 0.409 e. The van der Waals surface area contributed by atoms with Gasteiger partial charge >= 0.3 is 6.09 Å². The van der Waals surface area contributed by atoms with Crippen LogP contribution in [0.5, 0.6) is 0 Å². The fourth-order valence-electron chi connectivity index (χ4n) is 4.24. The van der Waals surface area contributed by atoms with Crippen molar-refractivity contribution in [1.82, 2.24) is 14.8 Å². The predicted molar refractivity (Wildman–Crippen MR) is 99.8 cm³/mol. The van der Waals surface area contributed by atoms with Gasteiger partial charge < -0.3 is 14.4 Å². The van der Waals surface area contributed by atoms with Gasteiger partial charge in [0.25, 0.3) is 0 Å². The van der Waals surface area contributed by atoms with Gasteiger partial charge in [0.05, 0.1) is 6.61 Å². The van der Waals surface area contributed by atoms with E-state index in [0.29, 0.717) is 25.2 Å². The van der Waals surface area contributed by atoms with Crippen molar-refractivity contribution in [2.75, 3.05) is 40.0 Å². The van der Waals surface area contributed by atoms with Crippen molar-refractivity contribution >= 4 is 6.09 Å². The van der Waals surface area contributed by atoms with E-state index in [1.807, 2.05) is 23.4 Å². The third-order valence-corrected chi connectivity index (χ3v) is 5.63. The first-order valence-corrected chi connectivity index (χ1v) is 9.81. The summed E-state index contributed by atoms with van der Waals surface area (Å²) in [5.41, 5.74) is 1.29. The highest BCUT2D eigenvalue weighted by molar-refractivity contribution is 5.67. The molecular weight excluding hydrogens is 330 g/mol. The van der Waals surface area contributed by atoms with E-state index in [2.05, 4.69) is 16.0 Å². The zero-order chi connectivity index (χ0) is 18.2. The van der Waals surface area contributed by atoms with Gasteiger partial charge in [-0.25, -0.2) is 4.79 Å². The van der Waals surface area contributed by atoms with Crippen LogP contribution in [0.4, 0.5) is 4.79 Å². The molecule has 0 radical (unpaired) electrons. The standard InChI is InChI=1S/C20H31N3O3/c1-25-13-14-26-20(24)22-11-7-18(8-12-22)19-6-2-3-10-23(19)16-17-5-4-9-21-15-17/h4-5,9,15,18-19H,2-3,6-8,10-14,16H2,1H3. The Kier molecular flexibility index (Phi) is 7.26. The number of carbonyl (C=O) groups excluding carboxylic acids is 1. The lowest BCUT2D eigenvalue weighted by Gasteiger charge is -2.43. The Morgan fingerprint density at radius 2 is 2.04 bits per heavy atom. The predicted octanol–water partition coefficient (Wildman–Crippen LogP) is 2.93. The van der Waals surface area contributed by atoms with Gasteiger partial charge in [0.1, 0.15) is 6.61 Å². The number of hydrogen-bond donors (Lipinski definition) is 0. The maximum absolute atomic E-state index is 12.1. The molecule has 0 aromatic carbocycles. The van der Waals surface area contributed by atoms with E-state index in [1.165, 1.54) is 31.4 Å². The molecule has 2 aliphatic heterocycles. The third kappa shape index (κ3) is 5.17. The number of pyridine rings is 1. The first kappa shape index (κ1) is 19.1. The fraction of sp³-hybridized carbons (Fsp3) is 0.700. The molecule has 3 rings (SSSR count). The van der Waals surface area contributed by atoms with E-state index in [4.69, 9.17) is 9.47 Å². The maximum atomic E-state index is 12.1. The van der Waals surface area contributed by atoms with Crippen LogP contribution in [-0.4, -0.2) is 66.9 Å². The summed E-state index contributed by atoms with van der Waals surface area (Å²) in [6.45, 7) is 4.53. The van der Waals surface area contributed by atoms with Crippen molar-refractivity contribution in [2.45, 2.75) is 44.7 Å². The summed E-state index contributed by atoms with van der Waals surface area (Å²) in [5, 5.41) is 0. The second-order valence-corrected chi connectivity index (χ2v) is 7.33. The molecule has 6 nitrogen and oxygen atoms in total. The summed E-state index contributed by atoms with van der Waals surface area (Å²) in [5.74, 6) is 0.662. The molecule has 144 valence electrons. The molecule has 6 heteroatoms. The minimum atomic E-state index is -0.198. The summed E-state index contributed by atoms with van der Waals surface area (Å²) in [6, 6.07) is 4.80. The normalized spacial score (nSPS) is 22.3. The molecule has 0 N–H and O–H groups in total. The van der Waals surface area contributed by atoms with E-state index in [-0.39, 0.29) is 6.09 Å². The van der Waals surface area contributed by atoms with Crippen molar-refractivity contribution in [3.63, 3.8) is 0 Å². The van der Waals surface area contributed by atoms with Gasteiger partial charge in [-0.15, -0.1) is 0 Å². The molecule has 2 fully saturated rings. The van der Waals surface area contributed by atoms with Crippen molar-refractivity contribution < 1.29 is 14.3 Å². The molecule has 0 spiro atoms. The van der Waals surface area contributed by atoms with Gasteiger partial charge in [-0.2, -0.15) is 0 Å². The average Bonchev–Trinajstić information content (AvgIpc) is 2.69. The molecule has 1 unspecified atom stereocenters. The Bertz CT molecular complexity index is 546. The molecule has 1 aromatic rings. The third-order valence-electron chi connectivity index (χ3n) is 5.63. The molecule has 0 saturated carbocycles. The number of piperidine rings is 2. The lowest BCUT2D eigenvalue weighted by molar-refractivity contribution is 0.0386. The van der Waals surface area contributed by atoms with E-state index in [1.54, 1.807) is 7.11 Å². The van der Waals surface area contributed by atoms with Crippen molar-refractivity contribution in [3.05, 3.63) is 30.1 Å². The first-order chi connectivity index (χ1) is 12.8. The van der Waals surface area contributed by atoms with Crippen molar-refractivity contribution in [2.24, 2.45) is 5.92 Å². The summed E-state index contributed by atoms with van der Waals surface area (Å²) in [4.78, 5) is 20.8. The Balaban J connectivity index is 1.51. The van der Waals surface area contributed by atoms with Crippen LogP contribution in [0.3, 0.4) is 0 Å². The fourth-order valence-corrected chi connectivity index (χ4v) is 4.24. The topological polar surface area (TPSA) is 54.9 Å². The largest absolute Gasteiger partial charge is 0.447 e. The lowest BCUT2D eigenvalue weighted by Crippen LogP contribution is -2.48. The van der Waals surface area contributed by atoms with Gasteiger partial charge in [0.15, 0.2) is 0 Å². The van der Waals surface area contributed by atoms with Gasteiger partial charge in [-0.3, -0.25) is 9.88 Å². The second-order valence-electron chi connectivity index (χ2n) is 7.33. The molecule has 2 saturated heterocycles. The zero-order valence-corrected chi connectivity index (χ0v) is 15.8. The Hall–Kier alpha value is -1.66. The number of likely N-dealkylation sites (tertiary alicyclic amines) is 2. The molecule has 2 aliphatic rings.